The fraction of sp³-hybridized carbons (Fsp3) is 0.136. The lowest BCUT2D eigenvalue weighted by molar-refractivity contribution is -0.0303. The zero-order valence-electron chi connectivity index (χ0n) is 32.3. The van der Waals surface area contributed by atoms with Crippen molar-refractivity contribution in [3.63, 3.8) is 0 Å². The third-order valence-electron chi connectivity index (χ3n) is 10.7. The minimum Gasteiger partial charge on any atom is -0.508 e. The maximum Gasteiger partial charge on any atom is 0.338 e. The first-order chi connectivity index (χ1) is 30.3. The molecular formula is C44H34O20. The van der Waals surface area contributed by atoms with E-state index >= 15 is 0 Å². The lowest BCUT2D eigenvalue weighted by atomic mass is 9.77. The number of hydrogen-bond donors (Lipinski definition) is 14. The molecule has 6 aromatic rings. The number of phenolic OH excluding ortho intramolecular Hbond substituents is 14. The van der Waals surface area contributed by atoms with Crippen molar-refractivity contribution in [3.8, 4) is 92.0 Å². The Labute approximate surface area is 358 Å². The van der Waals surface area contributed by atoms with Crippen LogP contribution in [0.3, 0.4) is 0 Å². The summed E-state index contributed by atoms with van der Waals surface area (Å²) in [4.78, 5) is 27.6. The zero-order valence-corrected chi connectivity index (χ0v) is 32.3. The molecule has 14 N–H and O–H groups in total. The van der Waals surface area contributed by atoms with Crippen LogP contribution in [0.4, 0.5) is 0 Å². The number of ether oxygens (including phenoxy) is 4. The van der Waals surface area contributed by atoms with Crippen molar-refractivity contribution < 1.29 is 100 Å². The van der Waals surface area contributed by atoms with Gasteiger partial charge < -0.3 is 90.4 Å². The molecule has 0 spiro atoms. The first-order valence-corrected chi connectivity index (χ1v) is 18.7. The van der Waals surface area contributed by atoms with E-state index in [4.69, 9.17) is 18.9 Å². The predicted octanol–water partition coefficient (Wildman–Crippen LogP) is 4.96. The van der Waals surface area contributed by atoms with Crippen LogP contribution in [-0.2, 0) is 15.9 Å². The van der Waals surface area contributed by atoms with Crippen LogP contribution < -0.4 is 9.47 Å². The Hall–Kier alpha value is -8.94. The van der Waals surface area contributed by atoms with Gasteiger partial charge in [0.1, 0.15) is 46.4 Å². The van der Waals surface area contributed by atoms with Crippen LogP contribution in [0, 0.1) is 0 Å². The van der Waals surface area contributed by atoms with Crippen LogP contribution in [-0.4, -0.2) is 95.6 Å². The molecule has 8 rings (SSSR count). The molecule has 20 nitrogen and oxygen atoms in total. The number of phenols is 14. The Morgan fingerprint density at radius 3 is 1.58 bits per heavy atom. The number of aromatic hydroxyl groups is 14. The molecule has 0 fully saturated rings. The fourth-order valence-corrected chi connectivity index (χ4v) is 7.80. The van der Waals surface area contributed by atoms with Gasteiger partial charge >= 0.3 is 11.9 Å². The second kappa shape index (κ2) is 15.5. The van der Waals surface area contributed by atoms with Gasteiger partial charge in [-0.3, -0.25) is 0 Å². The molecule has 0 saturated heterocycles. The normalized spacial score (nSPS) is 18.7. The molecule has 0 bridgehead atoms. The second-order valence-electron chi connectivity index (χ2n) is 14.8. The van der Waals surface area contributed by atoms with Crippen LogP contribution in [0.15, 0.2) is 78.9 Å². The van der Waals surface area contributed by atoms with Crippen molar-refractivity contribution in [3.05, 3.63) is 118 Å². The average Bonchev–Trinajstić information content (AvgIpc) is 3.23. The van der Waals surface area contributed by atoms with Gasteiger partial charge in [0.05, 0.1) is 17.0 Å². The molecule has 0 aliphatic carbocycles. The van der Waals surface area contributed by atoms with E-state index in [0.29, 0.717) is 0 Å². The van der Waals surface area contributed by atoms with Crippen LogP contribution in [0.25, 0.3) is 0 Å². The first-order valence-electron chi connectivity index (χ1n) is 18.7. The monoisotopic (exact) mass is 882 g/mol. The number of carbonyl (C=O) groups is 2. The summed E-state index contributed by atoms with van der Waals surface area (Å²) in [5, 5.41) is 148. The molecule has 5 unspecified atom stereocenters. The summed E-state index contributed by atoms with van der Waals surface area (Å²) in [6.45, 7) is 0. The quantitative estimate of drug-likeness (QED) is 0.0744. The minimum absolute atomic E-state index is 0.104. The largest absolute Gasteiger partial charge is 0.508 e. The first kappa shape index (κ1) is 41.8. The maximum atomic E-state index is 14.1. The highest BCUT2D eigenvalue weighted by Crippen LogP contribution is 2.58. The van der Waals surface area contributed by atoms with Crippen LogP contribution in [0.2, 0.25) is 0 Å². The predicted molar refractivity (Wildman–Crippen MR) is 213 cm³/mol. The summed E-state index contributed by atoms with van der Waals surface area (Å²) in [5.41, 5.74) is -1.98. The Kier molecular flexibility index (Phi) is 10.1. The Balaban J connectivity index is 1.35. The van der Waals surface area contributed by atoms with Gasteiger partial charge in [0.25, 0.3) is 0 Å². The standard InChI is InChI=1S/C44H34O20/c45-19-3-1-2-15(4-19)40-42(64-44(60)18-9-29(54)38(58)30(55)10-18)35(33-23(48)11-20(46)12-31(33)61-40)34-24(49)14-22(47)21-13-32(62-43(59)17-7-27(52)37(57)28(53)8-17)39(63-41(21)34)16-5-25(50)36(56)26(51)6-16/h1-12,14,32,35,39-40,42,45-58H,13H2. The van der Waals surface area contributed by atoms with E-state index in [9.17, 15) is 81.1 Å². The van der Waals surface area contributed by atoms with Crippen LogP contribution >= 0.6 is 0 Å². The maximum absolute atomic E-state index is 14.1. The number of esters is 2. The van der Waals surface area contributed by atoms with E-state index < -0.39 is 140 Å². The molecule has 2 aliphatic heterocycles. The topological polar surface area (TPSA) is 354 Å². The van der Waals surface area contributed by atoms with Gasteiger partial charge in [0.2, 0.25) is 0 Å². The van der Waals surface area contributed by atoms with Crippen molar-refractivity contribution in [2.24, 2.45) is 0 Å². The summed E-state index contributed by atoms with van der Waals surface area (Å²) >= 11 is 0. The Morgan fingerprint density at radius 2 is 1.02 bits per heavy atom. The smallest absolute Gasteiger partial charge is 0.338 e. The molecule has 0 aromatic heterocycles. The fourth-order valence-electron chi connectivity index (χ4n) is 7.80. The van der Waals surface area contributed by atoms with Crippen molar-refractivity contribution in [1.29, 1.82) is 0 Å². The highest BCUT2D eigenvalue weighted by molar-refractivity contribution is 5.92. The zero-order chi connectivity index (χ0) is 46.0. The molecule has 0 amide bonds. The van der Waals surface area contributed by atoms with Gasteiger partial charge in [-0.15, -0.1) is 0 Å². The van der Waals surface area contributed by atoms with E-state index in [1.54, 1.807) is 0 Å². The van der Waals surface area contributed by atoms with Crippen molar-refractivity contribution in [1.82, 2.24) is 0 Å². The number of fused-ring (bicyclic) bond motifs is 2. The molecule has 5 atom stereocenters. The average molecular weight is 883 g/mol. The SMILES string of the molecule is O=C(OC1Cc2c(O)cc(O)c(C3c4c(O)cc(O)cc4OC(c4cccc(O)c4)C3OC(=O)c3cc(O)c(O)c(O)c3)c2OC1c1cc(O)c(O)c(O)c1)c1cc(O)c(O)c(O)c1. The van der Waals surface area contributed by atoms with Crippen LogP contribution in [0.5, 0.6) is 92.0 Å². The summed E-state index contributed by atoms with van der Waals surface area (Å²) in [6, 6.07) is 13.1. The number of hydrogen-bond acceptors (Lipinski definition) is 20. The molecular weight excluding hydrogens is 848 g/mol. The number of carbonyl (C=O) groups excluding carboxylic acids is 2. The third-order valence-corrected chi connectivity index (χ3v) is 10.7. The van der Waals surface area contributed by atoms with Gasteiger partial charge in [-0.1, -0.05) is 12.1 Å². The minimum atomic E-state index is -1.80. The lowest BCUT2D eigenvalue weighted by Gasteiger charge is -2.42. The molecule has 0 saturated carbocycles. The van der Waals surface area contributed by atoms with E-state index in [2.05, 4.69) is 0 Å². The van der Waals surface area contributed by atoms with Gasteiger partial charge in [-0.2, -0.15) is 0 Å². The van der Waals surface area contributed by atoms with Crippen molar-refractivity contribution >= 4 is 11.9 Å². The van der Waals surface area contributed by atoms with Gasteiger partial charge in [-0.25, -0.2) is 9.59 Å². The van der Waals surface area contributed by atoms with Gasteiger partial charge in [-0.05, 0) is 54.1 Å². The second-order valence-corrected chi connectivity index (χ2v) is 14.8. The molecule has 64 heavy (non-hydrogen) atoms. The van der Waals surface area contributed by atoms with Gasteiger partial charge in [0.15, 0.2) is 70.1 Å². The molecule has 20 heteroatoms. The molecule has 330 valence electrons. The Morgan fingerprint density at radius 1 is 0.484 bits per heavy atom. The van der Waals surface area contributed by atoms with E-state index in [1.165, 1.54) is 24.3 Å². The van der Waals surface area contributed by atoms with Crippen LogP contribution in [0.1, 0.15) is 66.7 Å². The van der Waals surface area contributed by atoms with Gasteiger partial charge in [0, 0.05) is 46.9 Å². The summed E-state index contributed by atoms with van der Waals surface area (Å²) in [7, 11) is 0. The highest BCUT2D eigenvalue weighted by Gasteiger charge is 2.49. The van der Waals surface area contributed by atoms with Crippen molar-refractivity contribution in [2.75, 3.05) is 0 Å². The summed E-state index contributed by atoms with van der Waals surface area (Å²) in [6.07, 6.45) is -7.14. The lowest BCUT2D eigenvalue weighted by Crippen LogP contribution is -2.40. The van der Waals surface area contributed by atoms with E-state index in [-0.39, 0.29) is 39.3 Å². The molecule has 2 aliphatic rings. The molecule has 6 aromatic carbocycles. The van der Waals surface area contributed by atoms with Crippen molar-refractivity contribution in [2.45, 2.75) is 36.8 Å². The highest BCUT2D eigenvalue weighted by atomic mass is 16.6. The molecule has 0 radical (unpaired) electrons. The Bertz CT molecular complexity index is 2840. The molecule has 2 heterocycles. The number of rotatable bonds is 7. The summed E-state index contributed by atoms with van der Waals surface area (Å²) in [5.74, 6) is -16.2. The number of benzene rings is 6. The van der Waals surface area contributed by atoms with E-state index in [0.717, 1.165) is 54.6 Å². The van der Waals surface area contributed by atoms with E-state index in [1.807, 2.05) is 0 Å². The summed E-state index contributed by atoms with van der Waals surface area (Å²) < 4.78 is 24.5. The third kappa shape index (κ3) is 7.23.